The van der Waals surface area contributed by atoms with E-state index in [4.69, 9.17) is 11.6 Å². The minimum atomic E-state index is -0.0833. The number of hydrogen-bond donors (Lipinski definition) is 0. The second-order valence-corrected chi connectivity index (χ2v) is 5.35. The summed E-state index contributed by atoms with van der Waals surface area (Å²) in [6, 6.07) is 3.57. The van der Waals surface area contributed by atoms with Gasteiger partial charge in [-0.25, -0.2) is 0 Å². The van der Waals surface area contributed by atoms with Gasteiger partial charge in [0, 0.05) is 17.7 Å². The third-order valence-electron chi connectivity index (χ3n) is 2.85. The molecule has 0 saturated heterocycles. The minimum Gasteiger partial charge on any atom is -0.292 e. The lowest BCUT2D eigenvalue weighted by Gasteiger charge is -2.03. The van der Waals surface area contributed by atoms with Gasteiger partial charge < -0.3 is 0 Å². The van der Waals surface area contributed by atoms with Crippen molar-refractivity contribution in [3.8, 4) is 0 Å². The van der Waals surface area contributed by atoms with Crippen molar-refractivity contribution in [2.24, 2.45) is 7.05 Å². The predicted molar refractivity (Wildman–Crippen MR) is 77.6 cm³/mol. The maximum Gasteiger partial charge on any atom is 0.188 e. The van der Waals surface area contributed by atoms with Crippen molar-refractivity contribution in [2.75, 3.05) is 0 Å². The Bertz CT molecular complexity index is 624. The van der Waals surface area contributed by atoms with E-state index in [1.54, 1.807) is 30.1 Å². The summed E-state index contributed by atoms with van der Waals surface area (Å²) < 4.78 is 2.35. The van der Waals surface area contributed by atoms with Gasteiger partial charge in [0.15, 0.2) is 5.78 Å². The first-order chi connectivity index (χ1) is 9.04. The lowest BCUT2D eigenvalue weighted by atomic mass is 10.1. The van der Waals surface area contributed by atoms with Crippen LogP contribution in [-0.2, 0) is 19.9 Å². The molecule has 0 bridgehead atoms. The normalized spacial score (nSPS) is 10.7. The van der Waals surface area contributed by atoms with E-state index in [1.165, 1.54) is 0 Å². The molecule has 0 aliphatic rings. The van der Waals surface area contributed by atoms with E-state index in [9.17, 15) is 4.79 Å². The Morgan fingerprint density at radius 2 is 2.26 bits per heavy atom. The van der Waals surface area contributed by atoms with Crippen molar-refractivity contribution < 1.29 is 4.79 Å². The van der Waals surface area contributed by atoms with Crippen LogP contribution in [0.25, 0.3) is 0 Å². The molecule has 2 rings (SSSR count). The number of Topliss-reactive ketones (excluding diaryl/α,β-unsaturated/α-hetero) is 1. The molecule has 2 aromatic rings. The van der Waals surface area contributed by atoms with Crippen LogP contribution in [0.15, 0.2) is 22.8 Å². The molecule has 4 nitrogen and oxygen atoms in total. The minimum absolute atomic E-state index is 0.0833. The number of aromatic nitrogens is 3. The zero-order valence-corrected chi connectivity index (χ0v) is 13.0. The van der Waals surface area contributed by atoms with Crippen LogP contribution in [0.5, 0.6) is 0 Å². The summed E-state index contributed by atoms with van der Waals surface area (Å²) in [5.74, 6) is -0.0833. The van der Waals surface area contributed by atoms with Crippen LogP contribution in [0.4, 0.5) is 0 Å². The molecule has 0 fully saturated rings. The molecular formula is C13H13BrClN3O. The van der Waals surface area contributed by atoms with E-state index >= 15 is 0 Å². The molecular weight excluding hydrogens is 330 g/mol. The first-order valence-electron chi connectivity index (χ1n) is 5.88. The van der Waals surface area contributed by atoms with Gasteiger partial charge in [-0.05, 0) is 34.5 Å². The SMILES string of the molecule is CCc1nn(C)c(CC(=O)c2ncccc2Br)c1Cl. The number of aryl methyl sites for hydroxylation is 2. The number of carbonyl (C=O) groups excluding carboxylic acids is 1. The third kappa shape index (κ3) is 2.87. The summed E-state index contributed by atoms with van der Waals surface area (Å²) in [4.78, 5) is 16.3. The number of nitrogens with zero attached hydrogens (tertiary/aromatic N) is 3. The molecule has 0 atom stereocenters. The summed E-state index contributed by atoms with van der Waals surface area (Å²) in [5.41, 5.74) is 1.95. The van der Waals surface area contributed by atoms with Crippen LogP contribution in [0, 0.1) is 0 Å². The number of hydrogen-bond acceptors (Lipinski definition) is 3. The fourth-order valence-electron chi connectivity index (χ4n) is 1.84. The van der Waals surface area contributed by atoms with Crippen LogP contribution in [0.1, 0.15) is 28.8 Å². The summed E-state index contributed by atoms with van der Waals surface area (Å²) in [7, 11) is 1.79. The Hall–Kier alpha value is -1.20. The first kappa shape index (κ1) is 14.2. The van der Waals surface area contributed by atoms with Crippen molar-refractivity contribution in [2.45, 2.75) is 19.8 Å². The number of pyridine rings is 1. The lowest BCUT2D eigenvalue weighted by Crippen LogP contribution is -2.10. The third-order valence-corrected chi connectivity index (χ3v) is 3.93. The average molecular weight is 343 g/mol. The van der Waals surface area contributed by atoms with E-state index in [1.807, 2.05) is 6.92 Å². The highest BCUT2D eigenvalue weighted by atomic mass is 79.9. The fourth-order valence-corrected chi connectivity index (χ4v) is 2.68. The highest BCUT2D eigenvalue weighted by Crippen LogP contribution is 2.23. The van der Waals surface area contributed by atoms with Crippen LogP contribution in [0.2, 0.25) is 5.02 Å². The Morgan fingerprint density at radius 3 is 2.84 bits per heavy atom. The van der Waals surface area contributed by atoms with Gasteiger partial charge >= 0.3 is 0 Å². The number of ketones is 1. The molecule has 19 heavy (non-hydrogen) atoms. The molecule has 0 aliphatic carbocycles. The van der Waals surface area contributed by atoms with Crippen molar-refractivity contribution in [1.82, 2.24) is 14.8 Å². The highest BCUT2D eigenvalue weighted by Gasteiger charge is 2.19. The zero-order chi connectivity index (χ0) is 14.0. The summed E-state index contributed by atoms with van der Waals surface area (Å²) >= 11 is 9.56. The monoisotopic (exact) mass is 341 g/mol. The van der Waals surface area contributed by atoms with Gasteiger partial charge in [-0.3, -0.25) is 14.5 Å². The lowest BCUT2D eigenvalue weighted by molar-refractivity contribution is 0.0985. The molecule has 0 unspecified atom stereocenters. The summed E-state index contributed by atoms with van der Waals surface area (Å²) in [5, 5.41) is 4.87. The Balaban J connectivity index is 2.30. The molecule has 100 valence electrons. The summed E-state index contributed by atoms with van der Waals surface area (Å²) in [6.07, 6.45) is 2.53. The maximum atomic E-state index is 12.2. The van der Waals surface area contributed by atoms with Gasteiger partial charge in [0.25, 0.3) is 0 Å². The molecule has 0 aliphatic heterocycles. The molecule has 0 aromatic carbocycles. The second-order valence-electron chi connectivity index (χ2n) is 4.12. The van der Waals surface area contributed by atoms with Crippen molar-refractivity contribution >= 4 is 33.3 Å². The van der Waals surface area contributed by atoms with Crippen LogP contribution in [0.3, 0.4) is 0 Å². The number of carbonyl (C=O) groups is 1. The molecule has 6 heteroatoms. The largest absolute Gasteiger partial charge is 0.292 e. The summed E-state index contributed by atoms with van der Waals surface area (Å²) in [6.45, 7) is 1.98. The van der Waals surface area contributed by atoms with Gasteiger partial charge in [-0.1, -0.05) is 18.5 Å². The quantitative estimate of drug-likeness (QED) is 0.802. The molecule has 0 radical (unpaired) electrons. The van der Waals surface area contributed by atoms with Gasteiger partial charge in [0.05, 0.1) is 22.8 Å². The van der Waals surface area contributed by atoms with E-state index in [2.05, 4.69) is 26.0 Å². The molecule has 0 amide bonds. The van der Waals surface area contributed by atoms with Gasteiger partial charge in [-0.2, -0.15) is 5.10 Å². The Labute approximate surface area is 124 Å². The highest BCUT2D eigenvalue weighted by molar-refractivity contribution is 9.10. The van der Waals surface area contributed by atoms with Crippen molar-refractivity contribution in [3.63, 3.8) is 0 Å². The smallest absolute Gasteiger partial charge is 0.188 e. The predicted octanol–water partition coefficient (Wildman–Crippen LogP) is 3.22. The van der Waals surface area contributed by atoms with Crippen LogP contribution >= 0.6 is 27.5 Å². The van der Waals surface area contributed by atoms with Gasteiger partial charge in [0.2, 0.25) is 0 Å². The molecule has 0 spiro atoms. The number of rotatable bonds is 4. The number of halogens is 2. The molecule has 2 heterocycles. The second kappa shape index (κ2) is 5.84. The fraction of sp³-hybridized carbons (Fsp3) is 0.308. The molecule has 0 saturated carbocycles. The van der Waals surface area contributed by atoms with Gasteiger partial charge in [-0.15, -0.1) is 0 Å². The van der Waals surface area contributed by atoms with Crippen LogP contribution in [-0.4, -0.2) is 20.5 Å². The van der Waals surface area contributed by atoms with Crippen molar-refractivity contribution in [1.29, 1.82) is 0 Å². The van der Waals surface area contributed by atoms with E-state index in [0.29, 0.717) is 15.2 Å². The van der Waals surface area contributed by atoms with Crippen LogP contribution < -0.4 is 0 Å². The van der Waals surface area contributed by atoms with E-state index in [-0.39, 0.29) is 12.2 Å². The average Bonchev–Trinajstić information content (AvgIpc) is 2.66. The Kier molecular flexibility index (Phi) is 4.37. The topological polar surface area (TPSA) is 47.8 Å². The van der Waals surface area contributed by atoms with Gasteiger partial charge in [0.1, 0.15) is 5.69 Å². The molecule has 0 N–H and O–H groups in total. The standard InChI is InChI=1S/C13H13BrClN3O/c1-3-9-12(15)10(18(2)17-9)7-11(19)13-8(14)5-4-6-16-13/h4-6H,3,7H2,1-2H3. The van der Waals surface area contributed by atoms with E-state index in [0.717, 1.165) is 17.8 Å². The molecule has 2 aromatic heterocycles. The maximum absolute atomic E-state index is 12.2. The Morgan fingerprint density at radius 1 is 1.53 bits per heavy atom. The van der Waals surface area contributed by atoms with E-state index < -0.39 is 0 Å². The van der Waals surface area contributed by atoms with Crippen molar-refractivity contribution in [3.05, 3.63) is 44.9 Å². The zero-order valence-electron chi connectivity index (χ0n) is 10.7. The first-order valence-corrected chi connectivity index (χ1v) is 7.05.